The maximum atomic E-state index is 6.08. The Balaban J connectivity index is 2.26. The first-order valence-electron chi connectivity index (χ1n) is 9.09. The SMILES string of the molecule is CCCNC(C1=CCCCO1)C(CC)(CC)N1CCCC1. The molecule has 1 N–H and O–H groups in total. The molecule has 0 bridgehead atoms. The summed E-state index contributed by atoms with van der Waals surface area (Å²) in [5.41, 5.74) is 0.217. The van der Waals surface area contributed by atoms with Crippen LogP contribution in [0.15, 0.2) is 11.8 Å². The predicted octanol–water partition coefficient (Wildman–Crippen LogP) is 3.70. The van der Waals surface area contributed by atoms with Crippen molar-refractivity contribution in [2.24, 2.45) is 0 Å². The molecule has 1 fully saturated rings. The summed E-state index contributed by atoms with van der Waals surface area (Å²) >= 11 is 0. The summed E-state index contributed by atoms with van der Waals surface area (Å²) in [6, 6.07) is 0.353. The second kappa shape index (κ2) is 8.19. The van der Waals surface area contributed by atoms with E-state index in [-0.39, 0.29) is 5.54 Å². The van der Waals surface area contributed by atoms with Gasteiger partial charge in [0.2, 0.25) is 0 Å². The van der Waals surface area contributed by atoms with Crippen LogP contribution in [-0.4, -0.2) is 42.7 Å². The number of ether oxygens (including phenoxy) is 1. The topological polar surface area (TPSA) is 24.5 Å². The monoisotopic (exact) mass is 294 g/mol. The lowest BCUT2D eigenvalue weighted by molar-refractivity contribution is 0.0419. The molecule has 2 aliphatic rings. The molecule has 0 aromatic rings. The molecule has 0 amide bonds. The third-order valence-electron chi connectivity index (χ3n) is 5.34. The number of likely N-dealkylation sites (tertiary alicyclic amines) is 1. The van der Waals surface area contributed by atoms with E-state index in [9.17, 15) is 0 Å². The van der Waals surface area contributed by atoms with Crippen molar-refractivity contribution in [2.75, 3.05) is 26.2 Å². The first-order chi connectivity index (χ1) is 10.3. The molecule has 2 rings (SSSR count). The van der Waals surface area contributed by atoms with Gasteiger partial charge in [-0.05, 0) is 70.7 Å². The van der Waals surface area contributed by atoms with Gasteiger partial charge in [0.15, 0.2) is 0 Å². The summed E-state index contributed by atoms with van der Waals surface area (Å²) in [7, 11) is 0. The largest absolute Gasteiger partial charge is 0.497 e. The summed E-state index contributed by atoms with van der Waals surface area (Å²) in [6.45, 7) is 11.4. The molecule has 0 aliphatic carbocycles. The van der Waals surface area contributed by atoms with E-state index in [2.05, 4.69) is 37.1 Å². The highest BCUT2D eigenvalue weighted by atomic mass is 16.5. The van der Waals surface area contributed by atoms with E-state index >= 15 is 0 Å². The molecule has 122 valence electrons. The van der Waals surface area contributed by atoms with E-state index in [4.69, 9.17) is 4.74 Å². The van der Waals surface area contributed by atoms with Crippen LogP contribution >= 0.6 is 0 Å². The Hall–Kier alpha value is -0.540. The van der Waals surface area contributed by atoms with Crippen molar-refractivity contribution >= 4 is 0 Å². The van der Waals surface area contributed by atoms with Crippen LogP contribution in [0.3, 0.4) is 0 Å². The van der Waals surface area contributed by atoms with Crippen LogP contribution < -0.4 is 5.32 Å². The minimum atomic E-state index is 0.217. The number of allylic oxidation sites excluding steroid dienone is 1. The van der Waals surface area contributed by atoms with Crippen molar-refractivity contribution in [2.45, 2.75) is 77.3 Å². The van der Waals surface area contributed by atoms with E-state index in [1.165, 1.54) is 63.8 Å². The lowest BCUT2D eigenvalue weighted by atomic mass is 9.81. The number of nitrogens with one attached hydrogen (secondary N) is 1. The summed E-state index contributed by atoms with van der Waals surface area (Å²) in [5, 5.41) is 3.82. The number of rotatable bonds is 8. The lowest BCUT2D eigenvalue weighted by Gasteiger charge is -2.48. The number of nitrogens with zero attached hydrogens (tertiary/aromatic N) is 1. The van der Waals surface area contributed by atoms with Crippen LogP contribution in [0, 0.1) is 0 Å². The van der Waals surface area contributed by atoms with Crippen LogP contribution in [0.2, 0.25) is 0 Å². The maximum Gasteiger partial charge on any atom is 0.111 e. The van der Waals surface area contributed by atoms with E-state index < -0.39 is 0 Å². The third kappa shape index (κ3) is 3.62. The second-order valence-electron chi connectivity index (χ2n) is 6.49. The molecule has 0 radical (unpaired) electrons. The zero-order valence-electron chi connectivity index (χ0n) is 14.3. The van der Waals surface area contributed by atoms with Gasteiger partial charge < -0.3 is 10.1 Å². The molecule has 1 atom stereocenters. The first kappa shape index (κ1) is 16.8. The minimum absolute atomic E-state index is 0.217. The molecule has 3 nitrogen and oxygen atoms in total. The smallest absolute Gasteiger partial charge is 0.111 e. The standard InChI is InChI=1S/C18H34N2O/c1-4-12-19-17(16-11-7-10-15-21-16)18(5-2,6-3)20-13-8-9-14-20/h11,17,19H,4-10,12-15H2,1-3H3. The summed E-state index contributed by atoms with van der Waals surface area (Å²) in [4.78, 5) is 2.74. The van der Waals surface area contributed by atoms with Crippen molar-refractivity contribution < 1.29 is 4.74 Å². The zero-order valence-corrected chi connectivity index (χ0v) is 14.3. The van der Waals surface area contributed by atoms with Gasteiger partial charge in [0.25, 0.3) is 0 Å². The Labute approximate surface area is 131 Å². The number of hydrogen-bond donors (Lipinski definition) is 1. The molecular weight excluding hydrogens is 260 g/mol. The highest BCUT2D eigenvalue weighted by Crippen LogP contribution is 2.35. The van der Waals surface area contributed by atoms with Gasteiger partial charge in [0.1, 0.15) is 5.76 Å². The fraction of sp³-hybridized carbons (Fsp3) is 0.889. The van der Waals surface area contributed by atoms with Crippen molar-refractivity contribution in [3.8, 4) is 0 Å². The maximum absolute atomic E-state index is 6.08. The summed E-state index contributed by atoms with van der Waals surface area (Å²) < 4.78 is 6.08. The van der Waals surface area contributed by atoms with E-state index in [1.807, 2.05) is 0 Å². The van der Waals surface area contributed by atoms with Crippen LogP contribution in [0.5, 0.6) is 0 Å². The molecule has 0 aromatic carbocycles. The Kier molecular flexibility index (Phi) is 6.56. The van der Waals surface area contributed by atoms with Gasteiger partial charge in [-0.25, -0.2) is 0 Å². The molecule has 1 unspecified atom stereocenters. The average Bonchev–Trinajstić information content (AvgIpc) is 3.07. The van der Waals surface area contributed by atoms with Gasteiger partial charge in [-0.15, -0.1) is 0 Å². The molecule has 2 aliphatic heterocycles. The van der Waals surface area contributed by atoms with Crippen molar-refractivity contribution in [3.05, 3.63) is 11.8 Å². The minimum Gasteiger partial charge on any atom is -0.497 e. The second-order valence-corrected chi connectivity index (χ2v) is 6.49. The van der Waals surface area contributed by atoms with Crippen molar-refractivity contribution in [1.82, 2.24) is 10.2 Å². The van der Waals surface area contributed by atoms with E-state index in [1.54, 1.807) is 0 Å². The average molecular weight is 294 g/mol. The van der Waals surface area contributed by atoms with Gasteiger partial charge in [-0.1, -0.05) is 20.8 Å². The summed E-state index contributed by atoms with van der Waals surface area (Å²) in [5.74, 6) is 1.21. The Morgan fingerprint density at radius 3 is 2.43 bits per heavy atom. The fourth-order valence-corrected chi connectivity index (χ4v) is 4.07. The van der Waals surface area contributed by atoms with Crippen molar-refractivity contribution in [1.29, 1.82) is 0 Å². The van der Waals surface area contributed by atoms with Crippen LogP contribution in [0.25, 0.3) is 0 Å². The highest BCUT2D eigenvalue weighted by Gasteiger charge is 2.44. The molecule has 0 aromatic heterocycles. The Morgan fingerprint density at radius 2 is 1.90 bits per heavy atom. The molecule has 0 spiro atoms. The molecule has 0 saturated carbocycles. The van der Waals surface area contributed by atoms with Crippen molar-refractivity contribution in [3.63, 3.8) is 0 Å². The van der Waals surface area contributed by atoms with Gasteiger partial charge in [0.05, 0.1) is 12.6 Å². The summed E-state index contributed by atoms with van der Waals surface area (Å²) in [6.07, 6.45) is 10.9. The highest BCUT2D eigenvalue weighted by molar-refractivity contribution is 5.16. The van der Waals surface area contributed by atoms with Crippen LogP contribution in [0.1, 0.15) is 65.7 Å². The Morgan fingerprint density at radius 1 is 1.19 bits per heavy atom. The molecule has 21 heavy (non-hydrogen) atoms. The fourth-order valence-electron chi connectivity index (χ4n) is 4.07. The Bertz CT molecular complexity index is 330. The van der Waals surface area contributed by atoms with Gasteiger partial charge in [0, 0.05) is 5.54 Å². The number of hydrogen-bond acceptors (Lipinski definition) is 3. The third-order valence-corrected chi connectivity index (χ3v) is 5.34. The molecule has 2 heterocycles. The molecular formula is C18H34N2O. The quantitative estimate of drug-likeness (QED) is 0.738. The van der Waals surface area contributed by atoms with Crippen LogP contribution in [0.4, 0.5) is 0 Å². The van der Waals surface area contributed by atoms with Crippen LogP contribution in [-0.2, 0) is 4.74 Å². The molecule has 3 heteroatoms. The predicted molar refractivity (Wildman–Crippen MR) is 89.5 cm³/mol. The lowest BCUT2D eigenvalue weighted by Crippen LogP contribution is -2.61. The molecule has 1 saturated heterocycles. The van der Waals surface area contributed by atoms with Gasteiger partial charge in [-0.2, -0.15) is 0 Å². The van der Waals surface area contributed by atoms with E-state index in [0.717, 1.165) is 13.2 Å². The first-order valence-corrected chi connectivity index (χ1v) is 9.09. The van der Waals surface area contributed by atoms with E-state index in [0.29, 0.717) is 6.04 Å². The normalized spacial score (nSPS) is 22.0. The zero-order chi connectivity index (χ0) is 15.1. The van der Waals surface area contributed by atoms with Gasteiger partial charge in [-0.3, -0.25) is 4.90 Å². The van der Waals surface area contributed by atoms with Gasteiger partial charge >= 0.3 is 0 Å².